The van der Waals surface area contributed by atoms with Gasteiger partial charge in [-0.05, 0) is 20.8 Å². The predicted molar refractivity (Wildman–Crippen MR) is 53.1 cm³/mol. The van der Waals surface area contributed by atoms with Crippen LogP contribution >= 0.6 is 0 Å². The van der Waals surface area contributed by atoms with Crippen molar-refractivity contribution in [3.63, 3.8) is 0 Å². The average Bonchev–Trinajstić information content (AvgIpc) is 1.95. The van der Waals surface area contributed by atoms with E-state index >= 15 is 0 Å². The molecule has 0 bridgehead atoms. The Balaban J connectivity index is 2.30. The minimum absolute atomic E-state index is 0.132. The summed E-state index contributed by atoms with van der Waals surface area (Å²) in [6.07, 6.45) is 0. The normalized spacial score (nSPS) is 20.6. The molecule has 0 radical (unpaired) electrons. The first-order valence-corrected chi connectivity index (χ1v) is 6.34. The van der Waals surface area contributed by atoms with Gasteiger partial charge in [-0.15, -0.1) is 0 Å². The molecule has 1 saturated heterocycles. The third kappa shape index (κ3) is 2.93. The molecular weight excluding hydrogens is 188 g/mol. The molecule has 0 atom stereocenters. The fraction of sp³-hybridized carbons (Fsp3) is 1.00. The van der Waals surface area contributed by atoms with Crippen LogP contribution in [-0.2, 0) is 10.0 Å². The van der Waals surface area contributed by atoms with E-state index in [1.54, 1.807) is 6.92 Å². The third-order valence-electron chi connectivity index (χ3n) is 2.37. The van der Waals surface area contributed by atoms with Crippen LogP contribution < -0.4 is 4.72 Å². The highest BCUT2D eigenvalue weighted by Crippen LogP contribution is 2.12. The number of nitrogens with zero attached hydrogens (tertiary/aromatic N) is 1. The molecule has 13 heavy (non-hydrogen) atoms. The summed E-state index contributed by atoms with van der Waals surface area (Å²) in [5.41, 5.74) is 0. The molecule has 0 aliphatic carbocycles. The van der Waals surface area contributed by atoms with Crippen LogP contribution in [0.2, 0.25) is 0 Å². The summed E-state index contributed by atoms with van der Waals surface area (Å²) in [6, 6.07) is 0.648. The first kappa shape index (κ1) is 10.9. The summed E-state index contributed by atoms with van der Waals surface area (Å²) in [7, 11) is -3.01. The van der Waals surface area contributed by atoms with Gasteiger partial charge in [0.2, 0.25) is 10.0 Å². The van der Waals surface area contributed by atoms with E-state index in [0.29, 0.717) is 6.04 Å². The van der Waals surface area contributed by atoms with Crippen LogP contribution in [-0.4, -0.2) is 44.2 Å². The van der Waals surface area contributed by atoms with Gasteiger partial charge in [0.05, 0.1) is 5.75 Å². The standard InChI is InChI=1S/C8H18N2O2S/c1-4-13(11,12)9-8-5-10(6-8)7(2)3/h7-9H,4-6H2,1-3H3. The van der Waals surface area contributed by atoms with E-state index in [2.05, 4.69) is 23.5 Å². The fourth-order valence-corrected chi connectivity index (χ4v) is 2.17. The highest BCUT2D eigenvalue weighted by molar-refractivity contribution is 7.89. The maximum Gasteiger partial charge on any atom is 0.211 e. The third-order valence-corrected chi connectivity index (χ3v) is 3.82. The molecule has 0 spiro atoms. The zero-order valence-corrected chi connectivity index (χ0v) is 9.26. The molecule has 1 fully saturated rings. The molecule has 5 heteroatoms. The SMILES string of the molecule is CCS(=O)(=O)NC1CN(C(C)C)C1. The van der Waals surface area contributed by atoms with Crippen molar-refractivity contribution < 1.29 is 8.42 Å². The topological polar surface area (TPSA) is 49.4 Å². The molecule has 1 aliphatic rings. The quantitative estimate of drug-likeness (QED) is 0.705. The van der Waals surface area contributed by atoms with E-state index in [1.807, 2.05) is 0 Å². The largest absolute Gasteiger partial charge is 0.298 e. The van der Waals surface area contributed by atoms with E-state index in [1.165, 1.54) is 0 Å². The van der Waals surface area contributed by atoms with Crippen LogP contribution in [0.15, 0.2) is 0 Å². The maximum absolute atomic E-state index is 11.1. The first-order valence-electron chi connectivity index (χ1n) is 4.68. The Morgan fingerprint density at radius 1 is 1.46 bits per heavy atom. The summed E-state index contributed by atoms with van der Waals surface area (Å²) in [5, 5.41) is 0. The van der Waals surface area contributed by atoms with Gasteiger partial charge < -0.3 is 0 Å². The number of sulfonamides is 1. The number of hydrogen-bond donors (Lipinski definition) is 1. The molecule has 1 aliphatic heterocycles. The van der Waals surface area contributed by atoms with Gasteiger partial charge in [-0.1, -0.05) is 0 Å². The molecule has 4 nitrogen and oxygen atoms in total. The Hall–Kier alpha value is -0.130. The van der Waals surface area contributed by atoms with Crippen molar-refractivity contribution in [2.75, 3.05) is 18.8 Å². The monoisotopic (exact) mass is 206 g/mol. The Morgan fingerprint density at radius 3 is 2.38 bits per heavy atom. The second kappa shape index (κ2) is 3.94. The van der Waals surface area contributed by atoms with Crippen LogP contribution in [0.25, 0.3) is 0 Å². The van der Waals surface area contributed by atoms with Crippen molar-refractivity contribution in [1.82, 2.24) is 9.62 Å². The number of likely N-dealkylation sites (tertiary alicyclic amines) is 1. The van der Waals surface area contributed by atoms with E-state index in [0.717, 1.165) is 13.1 Å². The molecule has 0 aromatic rings. The zero-order valence-electron chi connectivity index (χ0n) is 8.45. The second-order valence-corrected chi connectivity index (χ2v) is 5.81. The first-order chi connectivity index (χ1) is 5.94. The predicted octanol–water partition coefficient (Wildman–Crippen LogP) is 0.0183. The van der Waals surface area contributed by atoms with Gasteiger partial charge in [-0.25, -0.2) is 13.1 Å². The Labute approximate surface area is 80.4 Å². The zero-order chi connectivity index (χ0) is 10.1. The smallest absolute Gasteiger partial charge is 0.211 e. The van der Waals surface area contributed by atoms with Crippen LogP contribution in [0.5, 0.6) is 0 Å². The van der Waals surface area contributed by atoms with Gasteiger partial charge in [-0.2, -0.15) is 0 Å². The van der Waals surface area contributed by atoms with E-state index in [9.17, 15) is 8.42 Å². The van der Waals surface area contributed by atoms with Crippen molar-refractivity contribution >= 4 is 10.0 Å². The fourth-order valence-electron chi connectivity index (χ4n) is 1.35. The molecule has 78 valence electrons. The lowest BCUT2D eigenvalue weighted by molar-refractivity contribution is 0.104. The summed E-state index contributed by atoms with van der Waals surface area (Å²) in [6.45, 7) is 7.57. The molecule has 0 aromatic carbocycles. The van der Waals surface area contributed by atoms with Gasteiger partial charge in [0.15, 0.2) is 0 Å². The highest BCUT2D eigenvalue weighted by atomic mass is 32.2. The van der Waals surface area contributed by atoms with Crippen LogP contribution in [0.4, 0.5) is 0 Å². The molecule has 0 unspecified atom stereocenters. The van der Waals surface area contributed by atoms with Crippen molar-refractivity contribution in [3.05, 3.63) is 0 Å². The van der Waals surface area contributed by atoms with Gasteiger partial charge in [0.25, 0.3) is 0 Å². The molecular formula is C8H18N2O2S. The Bertz CT molecular complexity index is 255. The molecule has 0 aromatic heterocycles. The molecule has 1 rings (SSSR count). The van der Waals surface area contributed by atoms with E-state index in [4.69, 9.17) is 0 Å². The lowest BCUT2D eigenvalue weighted by Gasteiger charge is -2.41. The minimum Gasteiger partial charge on any atom is -0.298 e. The molecule has 0 amide bonds. The van der Waals surface area contributed by atoms with Crippen LogP contribution in [0.3, 0.4) is 0 Å². The van der Waals surface area contributed by atoms with Gasteiger partial charge in [-0.3, -0.25) is 4.90 Å². The summed E-state index contributed by atoms with van der Waals surface area (Å²) < 4.78 is 25.0. The number of rotatable bonds is 4. The van der Waals surface area contributed by atoms with Crippen molar-refractivity contribution in [3.8, 4) is 0 Å². The number of nitrogens with one attached hydrogen (secondary N) is 1. The molecule has 0 saturated carbocycles. The van der Waals surface area contributed by atoms with Gasteiger partial charge >= 0.3 is 0 Å². The minimum atomic E-state index is -3.01. The highest BCUT2D eigenvalue weighted by Gasteiger charge is 2.30. The van der Waals surface area contributed by atoms with Crippen molar-refractivity contribution in [2.45, 2.75) is 32.9 Å². The number of hydrogen-bond acceptors (Lipinski definition) is 3. The molecule has 1 N–H and O–H groups in total. The van der Waals surface area contributed by atoms with E-state index in [-0.39, 0.29) is 11.8 Å². The Kier molecular flexibility index (Phi) is 3.32. The average molecular weight is 206 g/mol. The molecule has 1 heterocycles. The van der Waals surface area contributed by atoms with Crippen molar-refractivity contribution in [1.29, 1.82) is 0 Å². The summed E-state index contributed by atoms with van der Waals surface area (Å²) in [4.78, 5) is 2.24. The lowest BCUT2D eigenvalue weighted by Crippen LogP contribution is -2.61. The van der Waals surface area contributed by atoms with Crippen molar-refractivity contribution in [2.24, 2.45) is 0 Å². The summed E-state index contributed by atoms with van der Waals surface area (Å²) >= 11 is 0. The summed E-state index contributed by atoms with van der Waals surface area (Å²) in [5.74, 6) is 0.172. The van der Waals surface area contributed by atoms with Gasteiger partial charge in [0.1, 0.15) is 0 Å². The lowest BCUT2D eigenvalue weighted by atomic mass is 10.1. The van der Waals surface area contributed by atoms with Gasteiger partial charge in [0, 0.05) is 25.2 Å². The van der Waals surface area contributed by atoms with Crippen LogP contribution in [0, 0.1) is 0 Å². The maximum atomic E-state index is 11.1. The Morgan fingerprint density at radius 2 is 2.00 bits per heavy atom. The second-order valence-electron chi connectivity index (χ2n) is 3.77. The van der Waals surface area contributed by atoms with Crippen LogP contribution in [0.1, 0.15) is 20.8 Å². The van der Waals surface area contributed by atoms with E-state index < -0.39 is 10.0 Å².